The van der Waals surface area contributed by atoms with Crippen molar-refractivity contribution in [2.24, 2.45) is 0 Å². The lowest BCUT2D eigenvalue weighted by Gasteiger charge is -2.20. The first-order valence-electron chi connectivity index (χ1n) is 6.55. The molecule has 0 saturated carbocycles. The standard InChI is InChI=1S/C14H19ClN2O4/c1-3-6-17(9-14(19)20)13(18)8-16-11-7-10(15)4-5-12(11)21-2/h4-5,7,16H,3,6,8-9H2,1-2H3,(H,19,20). The molecule has 0 spiro atoms. The predicted molar refractivity (Wildman–Crippen MR) is 81.0 cm³/mol. The van der Waals surface area contributed by atoms with E-state index < -0.39 is 5.97 Å². The van der Waals surface area contributed by atoms with Crippen molar-refractivity contribution in [2.45, 2.75) is 13.3 Å². The first-order chi connectivity index (χ1) is 9.97. The number of amides is 1. The van der Waals surface area contributed by atoms with Crippen LogP contribution in [-0.4, -0.2) is 48.6 Å². The number of hydrogen-bond acceptors (Lipinski definition) is 4. The van der Waals surface area contributed by atoms with Crippen LogP contribution in [0.4, 0.5) is 5.69 Å². The number of carbonyl (C=O) groups excluding carboxylic acids is 1. The van der Waals surface area contributed by atoms with Gasteiger partial charge < -0.3 is 20.1 Å². The Labute approximate surface area is 128 Å². The number of carboxylic acids is 1. The largest absolute Gasteiger partial charge is 0.495 e. The number of halogens is 1. The van der Waals surface area contributed by atoms with Crippen LogP contribution < -0.4 is 10.1 Å². The number of nitrogens with one attached hydrogen (secondary N) is 1. The van der Waals surface area contributed by atoms with Gasteiger partial charge in [-0.25, -0.2) is 0 Å². The first kappa shape index (κ1) is 17.1. The minimum atomic E-state index is -1.03. The second kappa shape index (κ2) is 8.36. The van der Waals surface area contributed by atoms with Crippen molar-refractivity contribution in [1.29, 1.82) is 0 Å². The van der Waals surface area contributed by atoms with Crippen molar-refractivity contribution in [2.75, 3.05) is 32.1 Å². The molecule has 0 atom stereocenters. The maximum Gasteiger partial charge on any atom is 0.323 e. The van der Waals surface area contributed by atoms with Crippen LogP contribution in [-0.2, 0) is 9.59 Å². The molecule has 1 aromatic rings. The van der Waals surface area contributed by atoms with Gasteiger partial charge in [-0.2, -0.15) is 0 Å². The van der Waals surface area contributed by atoms with E-state index in [0.29, 0.717) is 29.4 Å². The van der Waals surface area contributed by atoms with Crippen molar-refractivity contribution in [3.63, 3.8) is 0 Å². The summed E-state index contributed by atoms with van der Waals surface area (Å²) in [6.07, 6.45) is 0.694. The predicted octanol–water partition coefficient (Wildman–Crippen LogP) is 2.08. The smallest absolute Gasteiger partial charge is 0.323 e. The molecule has 0 fully saturated rings. The SMILES string of the molecule is CCCN(CC(=O)O)C(=O)CNc1cc(Cl)ccc1OC. The Morgan fingerprint density at radius 2 is 2.14 bits per heavy atom. The van der Waals surface area contributed by atoms with Crippen LogP contribution in [0, 0.1) is 0 Å². The summed E-state index contributed by atoms with van der Waals surface area (Å²) >= 11 is 5.90. The molecule has 2 N–H and O–H groups in total. The van der Waals surface area contributed by atoms with Gasteiger partial charge >= 0.3 is 5.97 Å². The summed E-state index contributed by atoms with van der Waals surface area (Å²) in [5.74, 6) is -0.758. The van der Waals surface area contributed by atoms with Crippen LogP contribution in [0.3, 0.4) is 0 Å². The Bertz CT molecular complexity index is 508. The van der Waals surface area contributed by atoms with Gasteiger partial charge in [-0.15, -0.1) is 0 Å². The van der Waals surface area contributed by atoms with E-state index in [-0.39, 0.29) is 19.0 Å². The molecule has 0 unspecified atom stereocenters. The third-order valence-electron chi connectivity index (χ3n) is 2.76. The summed E-state index contributed by atoms with van der Waals surface area (Å²) in [5.41, 5.74) is 0.588. The number of nitrogens with zero attached hydrogens (tertiary/aromatic N) is 1. The summed E-state index contributed by atoms with van der Waals surface area (Å²) in [7, 11) is 1.52. The molecule has 21 heavy (non-hydrogen) atoms. The number of ether oxygens (including phenoxy) is 1. The maximum atomic E-state index is 12.1. The average molecular weight is 315 g/mol. The van der Waals surface area contributed by atoms with E-state index in [4.69, 9.17) is 21.4 Å². The molecule has 1 aromatic carbocycles. The number of rotatable bonds is 8. The number of aliphatic carboxylic acids is 1. The Hall–Kier alpha value is -1.95. The zero-order valence-corrected chi connectivity index (χ0v) is 12.8. The van der Waals surface area contributed by atoms with Gasteiger partial charge in [-0.3, -0.25) is 9.59 Å². The van der Waals surface area contributed by atoms with Crippen molar-refractivity contribution >= 4 is 29.2 Å². The second-order valence-corrected chi connectivity index (χ2v) is 4.84. The fraction of sp³-hybridized carbons (Fsp3) is 0.429. The molecule has 0 aliphatic heterocycles. The molecule has 1 amide bonds. The number of carboxylic acid groups (broad SMARTS) is 1. The van der Waals surface area contributed by atoms with Gasteiger partial charge in [0.1, 0.15) is 12.3 Å². The topological polar surface area (TPSA) is 78.9 Å². The quantitative estimate of drug-likeness (QED) is 0.768. The van der Waals surface area contributed by atoms with E-state index in [9.17, 15) is 9.59 Å². The molecule has 6 nitrogen and oxygen atoms in total. The van der Waals surface area contributed by atoms with Crippen LogP contribution in [0.2, 0.25) is 5.02 Å². The normalized spacial score (nSPS) is 10.0. The summed E-state index contributed by atoms with van der Waals surface area (Å²) in [6.45, 7) is 1.96. The Morgan fingerprint density at radius 3 is 2.71 bits per heavy atom. The highest BCUT2D eigenvalue weighted by atomic mass is 35.5. The molecule has 116 valence electrons. The molecule has 0 aliphatic rings. The van der Waals surface area contributed by atoms with Crippen molar-refractivity contribution in [3.8, 4) is 5.75 Å². The van der Waals surface area contributed by atoms with Gasteiger partial charge in [0.25, 0.3) is 0 Å². The third-order valence-corrected chi connectivity index (χ3v) is 3.00. The third kappa shape index (κ3) is 5.51. The molecule has 0 bridgehead atoms. The zero-order valence-electron chi connectivity index (χ0n) is 12.1. The van der Waals surface area contributed by atoms with Crippen molar-refractivity contribution in [1.82, 2.24) is 4.90 Å². The van der Waals surface area contributed by atoms with Gasteiger partial charge in [-0.05, 0) is 24.6 Å². The van der Waals surface area contributed by atoms with Crippen LogP contribution in [0.25, 0.3) is 0 Å². The minimum Gasteiger partial charge on any atom is -0.495 e. The van der Waals surface area contributed by atoms with Crippen molar-refractivity contribution < 1.29 is 19.4 Å². The van der Waals surface area contributed by atoms with Gasteiger partial charge in [0.05, 0.1) is 19.3 Å². The highest BCUT2D eigenvalue weighted by Gasteiger charge is 2.16. The molecule has 1 rings (SSSR count). The highest BCUT2D eigenvalue weighted by molar-refractivity contribution is 6.30. The number of benzene rings is 1. The summed E-state index contributed by atoms with van der Waals surface area (Å²) in [5, 5.41) is 12.3. The lowest BCUT2D eigenvalue weighted by atomic mass is 10.3. The first-order valence-corrected chi connectivity index (χ1v) is 6.92. The van der Waals surface area contributed by atoms with E-state index in [2.05, 4.69) is 5.32 Å². The monoisotopic (exact) mass is 314 g/mol. The minimum absolute atomic E-state index is 0.0238. The van der Waals surface area contributed by atoms with Crippen LogP contribution in [0.5, 0.6) is 5.75 Å². The lowest BCUT2D eigenvalue weighted by molar-refractivity contribution is -0.143. The second-order valence-electron chi connectivity index (χ2n) is 4.41. The highest BCUT2D eigenvalue weighted by Crippen LogP contribution is 2.27. The van der Waals surface area contributed by atoms with Crippen LogP contribution in [0.15, 0.2) is 18.2 Å². The number of methoxy groups -OCH3 is 1. The van der Waals surface area contributed by atoms with Gasteiger partial charge in [0.2, 0.25) is 5.91 Å². The van der Waals surface area contributed by atoms with E-state index in [1.165, 1.54) is 12.0 Å². The Balaban J connectivity index is 2.70. The Morgan fingerprint density at radius 1 is 1.43 bits per heavy atom. The fourth-order valence-electron chi connectivity index (χ4n) is 1.83. The molecular weight excluding hydrogens is 296 g/mol. The van der Waals surface area contributed by atoms with E-state index >= 15 is 0 Å². The van der Waals surface area contributed by atoms with Gasteiger partial charge in [0, 0.05) is 11.6 Å². The van der Waals surface area contributed by atoms with Gasteiger partial charge in [0.15, 0.2) is 0 Å². The molecular formula is C14H19ClN2O4. The number of anilines is 1. The molecule has 0 aromatic heterocycles. The molecule has 0 heterocycles. The van der Waals surface area contributed by atoms with E-state index in [1.807, 2.05) is 6.92 Å². The number of hydrogen-bond donors (Lipinski definition) is 2. The molecule has 0 radical (unpaired) electrons. The van der Waals surface area contributed by atoms with Crippen molar-refractivity contribution in [3.05, 3.63) is 23.2 Å². The summed E-state index contributed by atoms with van der Waals surface area (Å²) < 4.78 is 5.16. The molecule has 0 saturated heterocycles. The van der Waals surface area contributed by atoms with E-state index in [0.717, 1.165) is 0 Å². The molecule has 7 heteroatoms. The Kier molecular flexibility index (Phi) is 6.81. The van der Waals surface area contributed by atoms with E-state index in [1.54, 1.807) is 18.2 Å². The number of carbonyl (C=O) groups is 2. The summed E-state index contributed by atoms with van der Waals surface area (Å²) in [4.78, 5) is 24.1. The van der Waals surface area contributed by atoms with Gasteiger partial charge in [-0.1, -0.05) is 18.5 Å². The summed E-state index contributed by atoms with van der Waals surface area (Å²) in [6, 6.07) is 5.02. The average Bonchev–Trinajstić information content (AvgIpc) is 2.44. The zero-order chi connectivity index (χ0) is 15.8. The lowest BCUT2D eigenvalue weighted by Crippen LogP contribution is -2.39. The maximum absolute atomic E-state index is 12.1. The van der Waals surface area contributed by atoms with Crippen LogP contribution >= 0.6 is 11.6 Å². The van der Waals surface area contributed by atoms with Crippen LogP contribution in [0.1, 0.15) is 13.3 Å². The molecule has 0 aliphatic carbocycles. The fourth-order valence-corrected chi connectivity index (χ4v) is 2.00.